The molecule has 0 saturated carbocycles. The minimum absolute atomic E-state index is 0.0284. The summed E-state index contributed by atoms with van der Waals surface area (Å²) in [4.78, 5) is 13.1. The Labute approximate surface area is 213 Å². The number of aromatic nitrogens is 2. The summed E-state index contributed by atoms with van der Waals surface area (Å²) in [6.45, 7) is 0.625. The van der Waals surface area contributed by atoms with Gasteiger partial charge in [-0.25, -0.2) is 8.78 Å². The van der Waals surface area contributed by atoms with Crippen molar-refractivity contribution in [3.63, 3.8) is 0 Å². The molecule has 9 heteroatoms. The molecule has 0 spiro atoms. The molecule has 1 N–H and O–H groups in total. The Morgan fingerprint density at radius 2 is 1.59 bits per heavy atom. The number of methoxy groups -OCH3 is 2. The van der Waals surface area contributed by atoms with Gasteiger partial charge in [-0.05, 0) is 59.5 Å². The van der Waals surface area contributed by atoms with Crippen molar-refractivity contribution >= 4 is 5.91 Å². The maximum atomic E-state index is 13.6. The minimum atomic E-state index is -0.383. The Bertz CT molecular complexity index is 1370. The smallest absolute Gasteiger partial charge is 0.258 e. The summed E-state index contributed by atoms with van der Waals surface area (Å²) in [6.07, 6.45) is 2.11. The van der Waals surface area contributed by atoms with Gasteiger partial charge in [0.2, 0.25) is 5.88 Å². The SMILES string of the molecule is COc1ccc(CCNC(=O)c2cn(Cc3cccc(F)c3)nc2OCc2cccc(F)c2)cc1OC. The summed E-state index contributed by atoms with van der Waals surface area (Å²) in [5.74, 6) is 0.217. The molecule has 1 amide bonds. The molecule has 0 bridgehead atoms. The van der Waals surface area contributed by atoms with Gasteiger partial charge in [0.25, 0.3) is 5.91 Å². The molecular weight excluding hydrogens is 480 g/mol. The van der Waals surface area contributed by atoms with Gasteiger partial charge in [-0.2, -0.15) is 0 Å². The maximum Gasteiger partial charge on any atom is 0.258 e. The quantitative estimate of drug-likeness (QED) is 0.316. The number of carbonyl (C=O) groups is 1. The molecule has 192 valence electrons. The van der Waals surface area contributed by atoms with Crippen molar-refractivity contribution in [2.24, 2.45) is 0 Å². The number of hydrogen-bond acceptors (Lipinski definition) is 5. The fourth-order valence-corrected chi connectivity index (χ4v) is 3.80. The molecule has 37 heavy (non-hydrogen) atoms. The van der Waals surface area contributed by atoms with Gasteiger partial charge in [0.05, 0.1) is 20.8 Å². The second-order valence-electron chi connectivity index (χ2n) is 8.29. The minimum Gasteiger partial charge on any atom is -0.493 e. The number of amides is 1. The topological polar surface area (TPSA) is 74.6 Å². The Kier molecular flexibility index (Phi) is 8.35. The third-order valence-corrected chi connectivity index (χ3v) is 5.62. The highest BCUT2D eigenvalue weighted by Gasteiger charge is 2.19. The zero-order valence-electron chi connectivity index (χ0n) is 20.5. The van der Waals surface area contributed by atoms with Crippen LogP contribution in [0.25, 0.3) is 0 Å². The summed E-state index contributed by atoms with van der Waals surface area (Å²) in [5.41, 5.74) is 2.46. The van der Waals surface area contributed by atoms with E-state index >= 15 is 0 Å². The number of hydrogen-bond donors (Lipinski definition) is 1. The molecule has 0 unspecified atom stereocenters. The van der Waals surface area contributed by atoms with E-state index in [9.17, 15) is 13.6 Å². The van der Waals surface area contributed by atoms with Gasteiger partial charge in [0, 0.05) is 12.7 Å². The lowest BCUT2D eigenvalue weighted by atomic mass is 10.1. The zero-order chi connectivity index (χ0) is 26.2. The first kappa shape index (κ1) is 25.7. The van der Waals surface area contributed by atoms with Gasteiger partial charge in [-0.1, -0.05) is 30.3 Å². The van der Waals surface area contributed by atoms with E-state index in [0.29, 0.717) is 35.6 Å². The van der Waals surface area contributed by atoms with Crippen molar-refractivity contribution in [3.8, 4) is 17.4 Å². The third-order valence-electron chi connectivity index (χ3n) is 5.62. The van der Waals surface area contributed by atoms with Crippen molar-refractivity contribution in [2.75, 3.05) is 20.8 Å². The van der Waals surface area contributed by atoms with Gasteiger partial charge < -0.3 is 19.5 Å². The Morgan fingerprint density at radius 1 is 0.892 bits per heavy atom. The number of halogens is 2. The lowest BCUT2D eigenvalue weighted by molar-refractivity contribution is 0.0949. The van der Waals surface area contributed by atoms with E-state index in [1.54, 1.807) is 44.7 Å². The van der Waals surface area contributed by atoms with Crippen LogP contribution >= 0.6 is 0 Å². The predicted molar refractivity (Wildman–Crippen MR) is 134 cm³/mol. The largest absolute Gasteiger partial charge is 0.493 e. The lowest BCUT2D eigenvalue weighted by Gasteiger charge is -2.10. The number of nitrogens with one attached hydrogen (secondary N) is 1. The van der Waals surface area contributed by atoms with E-state index in [-0.39, 0.29) is 42.1 Å². The van der Waals surface area contributed by atoms with Crippen LogP contribution in [0, 0.1) is 11.6 Å². The normalized spacial score (nSPS) is 10.7. The van der Waals surface area contributed by atoms with E-state index in [2.05, 4.69) is 10.4 Å². The highest BCUT2D eigenvalue weighted by molar-refractivity contribution is 5.96. The van der Waals surface area contributed by atoms with E-state index in [0.717, 1.165) is 5.56 Å². The number of carbonyl (C=O) groups excluding carboxylic acids is 1. The Balaban J connectivity index is 1.47. The monoisotopic (exact) mass is 507 g/mol. The number of rotatable bonds is 11. The first-order valence-corrected chi connectivity index (χ1v) is 11.6. The van der Waals surface area contributed by atoms with Crippen LogP contribution in [0.2, 0.25) is 0 Å². The van der Waals surface area contributed by atoms with Crippen LogP contribution in [0.4, 0.5) is 8.78 Å². The fraction of sp³-hybridized carbons (Fsp3) is 0.214. The average molecular weight is 508 g/mol. The van der Waals surface area contributed by atoms with Crippen LogP contribution in [-0.2, 0) is 19.6 Å². The second-order valence-corrected chi connectivity index (χ2v) is 8.29. The van der Waals surface area contributed by atoms with Crippen LogP contribution in [0.5, 0.6) is 17.4 Å². The van der Waals surface area contributed by atoms with Gasteiger partial charge >= 0.3 is 0 Å². The number of nitrogens with zero attached hydrogens (tertiary/aromatic N) is 2. The summed E-state index contributed by atoms with van der Waals surface area (Å²) >= 11 is 0. The van der Waals surface area contributed by atoms with Gasteiger partial charge in [0.15, 0.2) is 11.5 Å². The molecule has 7 nitrogen and oxygen atoms in total. The van der Waals surface area contributed by atoms with E-state index in [4.69, 9.17) is 14.2 Å². The Hall–Kier alpha value is -4.40. The molecule has 0 fully saturated rings. The molecule has 0 aliphatic carbocycles. The van der Waals surface area contributed by atoms with Crippen LogP contribution in [-0.4, -0.2) is 36.5 Å². The van der Waals surface area contributed by atoms with Gasteiger partial charge in [-0.15, -0.1) is 5.10 Å². The van der Waals surface area contributed by atoms with Gasteiger partial charge in [-0.3, -0.25) is 9.48 Å². The van der Waals surface area contributed by atoms with Crippen molar-refractivity contribution in [1.29, 1.82) is 0 Å². The van der Waals surface area contributed by atoms with Gasteiger partial charge in [0.1, 0.15) is 23.8 Å². The molecule has 0 aliphatic rings. The third kappa shape index (κ3) is 6.84. The summed E-state index contributed by atoms with van der Waals surface area (Å²) in [6, 6.07) is 17.7. The van der Waals surface area contributed by atoms with Crippen molar-refractivity contribution < 1.29 is 27.8 Å². The van der Waals surface area contributed by atoms with E-state index in [1.165, 1.54) is 28.9 Å². The first-order chi connectivity index (χ1) is 17.9. The average Bonchev–Trinajstić information content (AvgIpc) is 3.30. The molecule has 1 aromatic heterocycles. The molecule has 0 saturated heterocycles. The molecule has 4 aromatic rings. The maximum absolute atomic E-state index is 13.6. The van der Waals surface area contributed by atoms with E-state index in [1.807, 2.05) is 18.2 Å². The zero-order valence-corrected chi connectivity index (χ0v) is 20.5. The first-order valence-electron chi connectivity index (χ1n) is 11.6. The molecule has 1 heterocycles. The summed E-state index contributed by atoms with van der Waals surface area (Å²) < 4.78 is 45.1. The number of ether oxygens (including phenoxy) is 3. The fourth-order valence-electron chi connectivity index (χ4n) is 3.80. The molecule has 0 radical (unpaired) electrons. The molecule has 3 aromatic carbocycles. The molecule has 0 aliphatic heterocycles. The van der Waals surface area contributed by atoms with Crippen LogP contribution < -0.4 is 19.5 Å². The van der Waals surface area contributed by atoms with Crippen LogP contribution in [0.1, 0.15) is 27.0 Å². The highest BCUT2D eigenvalue weighted by atomic mass is 19.1. The number of benzene rings is 3. The Morgan fingerprint density at radius 3 is 2.30 bits per heavy atom. The molecule has 4 rings (SSSR count). The standard InChI is InChI=1S/C28H27F2N3O4/c1-35-25-10-9-19(15-26(25)36-2)11-12-31-27(34)24-17-33(16-20-5-3-7-22(29)13-20)32-28(24)37-18-21-6-4-8-23(30)14-21/h3-10,13-15,17H,11-12,16,18H2,1-2H3,(H,31,34). The highest BCUT2D eigenvalue weighted by Crippen LogP contribution is 2.27. The molecule has 0 atom stereocenters. The van der Waals surface area contributed by atoms with Crippen molar-refractivity contribution in [1.82, 2.24) is 15.1 Å². The van der Waals surface area contributed by atoms with Crippen molar-refractivity contribution in [2.45, 2.75) is 19.6 Å². The summed E-state index contributed by atoms with van der Waals surface area (Å²) in [5, 5.41) is 7.27. The van der Waals surface area contributed by atoms with Crippen LogP contribution in [0.15, 0.2) is 72.9 Å². The predicted octanol–water partition coefficient (Wildman–Crippen LogP) is 4.78. The van der Waals surface area contributed by atoms with E-state index < -0.39 is 0 Å². The second kappa shape index (κ2) is 12.0. The molecular formula is C28H27F2N3O4. The summed E-state index contributed by atoms with van der Waals surface area (Å²) in [7, 11) is 3.14. The lowest BCUT2D eigenvalue weighted by Crippen LogP contribution is -2.26. The van der Waals surface area contributed by atoms with Crippen LogP contribution in [0.3, 0.4) is 0 Å². The van der Waals surface area contributed by atoms with Crippen molar-refractivity contribution in [3.05, 3.63) is 107 Å².